The number of amides is 3. The second-order valence-corrected chi connectivity index (χ2v) is 3.74. The van der Waals surface area contributed by atoms with Crippen LogP contribution in [0.4, 0.5) is 4.79 Å². The molecule has 2 rings (SSSR count). The first-order valence-corrected chi connectivity index (χ1v) is 5.08. The Hall–Kier alpha value is -1.88. The summed E-state index contributed by atoms with van der Waals surface area (Å²) < 4.78 is 0. The zero-order chi connectivity index (χ0) is 11.5. The maximum absolute atomic E-state index is 11.3. The predicted octanol–water partition coefficient (Wildman–Crippen LogP) is -0.104. The topological polar surface area (TPSA) is 84.2 Å². The Morgan fingerprint density at radius 2 is 2.00 bits per heavy atom. The number of rotatable bonds is 3. The Bertz CT molecular complexity index is 431. The summed E-state index contributed by atoms with van der Waals surface area (Å²) in [5.74, 6) is -0.275. The number of nitrogens with two attached hydrogens (primary N) is 1. The molecule has 1 aromatic rings. The van der Waals surface area contributed by atoms with E-state index in [2.05, 4.69) is 10.6 Å². The number of nitrogens with one attached hydrogen (secondary N) is 2. The second-order valence-electron chi connectivity index (χ2n) is 3.74. The highest BCUT2D eigenvalue weighted by Crippen LogP contribution is 2.09. The standard InChI is InChI=1S/C11H13N3O2/c12-6-8-3-1-2-7(4-8)5-9-10(15)14-11(16)13-9/h1-4,9H,5-6,12H2,(H2,13,14,15,16). The van der Waals surface area contributed by atoms with Crippen molar-refractivity contribution in [2.75, 3.05) is 0 Å². The molecule has 0 spiro atoms. The van der Waals surface area contributed by atoms with Gasteiger partial charge in [-0.2, -0.15) is 0 Å². The van der Waals surface area contributed by atoms with Crippen molar-refractivity contribution in [3.8, 4) is 0 Å². The van der Waals surface area contributed by atoms with Crippen molar-refractivity contribution in [2.24, 2.45) is 5.73 Å². The molecule has 0 aliphatic carbocycles. The van der Waals surface area contributed by atoms with Gasteiger partial charge in [-0.15, -0.1) is 0 Å². The van der Waals surface area contributed by atoms with Crippen LogP contribution in [0.25, 0.3) is 0 Å². The third kappa shape index (κ3) is 2.20. The molecule has 1 heterocycles. The smallest absolute Gasteiger partial charge is 0.322 e. The van der Waals surface area contributed by atoms with Gasteiger partial charge in [0.05, 0.1) is 0 Å². The van der Waals surface area contributed by atoms with Crippen molar-refractivity contribution in [2.45, 2.75) is 19.0 Å². The maximum Gasteiger partial charge on any atom is 0.322 e. The van der Waals surface area contributed by atoms with Crippen LogP contribution in [0.15, 0.2) is 24.3 Å². The lowest BCUT2D eigenvalue weighted by molar-refractivity contribution is -0.120. The summed E-state index contributed by atoms with van der Waals surface area (Å²) in [6.45, 7) is 0.469. The number of hydrogen-bond donors (Lipinski definition) is 3. The van der Waals surface area contributed by atoms with E-state index < -0.39 is 12.1 Å². The molecule has 1 aliphatic rings. The highest BCUT2D eigenvalue weighted by atomic mass is 16.2. The number of hydrogen-bond acceptors (Lipinski definition) is 3. The van der Waals surface area contributed by atoms with Gasteiger partial charge in [0.15, 0.2) is 0 Å². The SMILES string of the molecule is NCc1cccc(CC2NC(=O)NC2=O)c1. The molecule has 0 radical (unpaired) electrons. The molecule has 1 fully saturated rings. The average molecular weight is 219 g/mol. The molecule has 5 heteroatoms. The van der Waals surface area contributed by atoms with Gasteiger partial charge < -0.3 is 11.1 Å². The minimum absolute atomic E-state index is 0.275. The normalized spacial score (nSPS) is 19.4. The van der Waals surface area contributed by atoms with Crippen LogP contribution in [0.3, 0.4) is 0 Å². The number of benzene rings is 1. The summed E-state index contributed by atoms with van der Waals surface area (Å²) in [4.78, 5) is 22.2. The molecular formula is C11H13N3O2. The van der Waals surface area contributed by atoms with E-state index >= 15 is 0 Å². The zero-order valence-corrected chi connectivity index (χ0v) is 8.69. The lowest BCUT2D eigenvalue weighted by Gasteiger charge is -2.08. The van der Waals surface area contributed by atoms with E-state index in [0.717, 1.165) is 11.1 Å². The van der Waals surface area contributed by atoms with E-state index in [-0.39, 0.29) is 5.91 Å². The molecule has 1 saturated heterocycles. The highest BCUT2D eigenvalue weighted by Gasteiger charge is 2.29. The number of imide groups is 1. The van der Waals surface area contributed by atoms with Gasteiger partial charge in [0.25, 0.3) is 5.91 Å². The van der Waals surface area contributed by atoms with Crippen molar-refractivity contribution in [3.05, 3.63) is 35.4 Å². The molecule has 0 aromatic heterocycles. The Balaban J connectivity index is 2.09. The first-order valence-electron chi connectivity index (χ1n) is 5.08. The molecule has 5 nitrogen and oxygen atoms in total. The molecule has 1 aliphatic heterocycles. The third-order valence-electron chi connectivity index (χ3n) is 2.53. The Kier molecular flexibility index (Phi) is 2.87. The third-order valence-corrected chi connectivity index (χ3v) is 2.53. The molecular weight excluding hydrogens is 206 g/mol. The van der Waals surface area contributed by atoms with Gasteiger partial charge in [-0.05, 0) is 11.1 Å². The molecule has 1 atom stereocenters. The van der Waals surface area contributed by atoms with E-state index in [4.69, 9.17) is 5.73 Å². The quantitative estimate of drug-likeness (QED) is 0.620. The van der Waals surface area contributed by atoms with E-state index in [1.54, 1.807) is 0 Å². The minimum Gasteiger partial charge on any atom is -0.326 e. The van der Waals surface area contributed by atoms with Crippen LogP contribution in [-0.2, 0) is 17.8 Å². The molecule has 3 amide bonds. The van der Waals surface area contributed by atoms with E-state index in [1.807, 2.05) is 24.3 Å². The van der Waals surface area contributed by atoms with Crippen molar-refractivity contribution in [3.63, 3.8) is 0 Å². The van der Waals surface area contributed by atoms with Crippen molar-refractivity contribution < 1.29 is 9.59 Å². The van der Waals surface area contributed by atoms with Gasteiger partial charge in [0, 0.05) is 13.0 Å². The largest absolute Gasteiger partial charge is 0.326 e. The van der Waals surface area contributed by atoms with Gasteiger partial charge >= 0.3 is 6.03 Å². The van der Waals surface area contributed by atoms with Crippen LogP contribution < -0.4 is 16.4 Å². The Morgan fingerprint density at radius 1 is 1.25 bits per heavy atom. The first-order chi connectivity index (χ1) is 7.69. The summed E-state index contributed by atoms with van der Waals surface area (Å²) in [6.07, 6.45) is 0.491. The molecule has 16 heavy (non-hydrogen) atoms. The summed E-state index contributed by atoms with van der Waals surface area (Å²) >= 11 is 0. The van der Waals surface area contributed by atoms with E-state index in [0.29, 0.717) is 13.0 Å². The van der Waals surface area contributed by atoms with Gasteiger partial charge in [0.1, 0.15) is 6.04 Å². The maximum atomic E-state index is 11.3. The van der Waals surface area contributed by atoms with E-state index in [9.17, 15) is 9.59 Å². The van der Waals surface area contributed by atoms with Crippen LogP contribution in [0.1, 0.15) is 11.1 Å². The zero-order valence-electron chi connectivity index (χ0n) is 8.69. The Morgan fingerprint density at radius 3 is 2.62 bits per heavy atom. The van der Waals surface area contributed by atoms with Crippen LogP contribution in [0.2, 0.25) is 0 Å². The minimum atomic E-state index is -0.472. The summed E-state index contributed by atoms with van der Waals surface area (Å²) in [7, 11) is 0. The first kappa shape index (κ1) is 10.6. The van der Waals surface area contributed by atoms with Gasteiger partial charge in [0.2, 0.25) is 0 Å². The highest BCUT2D eigenvalue weighted by molar-refractivity contribution is 6.04. The molecule has 84 valence electrons. The van der Waals surface area contributed by atoms with Crippen molar-refractivity contribution in [1.82, 2.24) is 10.6 Å². The summed E-state index contributed by atoms with van der Waals surface area (Å²) in [6, 6.07) is 6.78. The molecule has 1 unspecified atom stereocenters. The Labute approximate surface area is 93.0 Å². The van der Waals surface area contributed by atoms with Crippen LogP contribution >= 0.6 is 0 Å². The van der Waals surface area contributed by atoms with Crippen molar-refractivity contribution >= 4 is 11.9 Å². The molecule has 4 N–H and O–H groups in total. The van der Waals surface area contributed by atoms with Gasteiger partial charge in [-0.25, -0.2) is 4.79 Å². The summed E-state index contributed by atoms with van der Waals surface area (Å²) in [5.41, 5.74) is 7.53. The van der Waals surface area contributed by atoms with Gasteiger partial charge in [-0.1, -0.05) is 24.3 Å². The molecule has 0 saturated carbocycles. The fourth-order valence-corrected chi connectivity index (χ4v) is 1.72. The summed E-state index contributed by atoms with van der Waals surface area (Å²) in [5, 5.41) is 4.76. The second kappa shape index (κ2) is 4.32. The number of carbonyl (C=O) groups excluding carboxylic acids is 2. The monoisotopic (exact) mass is 219 g/mol. The van der Waals surface area contributed by atoms with Crippen molar-refractivity contribution in [1.29, 1.82) is 0 Å². The fourth-order valence-electron chi connectivity index (χ4n) is 1.72. The van der Waals surface area contributed by atoms with Gasteiger partial charge in [-0.3, -0.25) is 10.1 Å². The fraction of sp³-hybridized carbons (Fsp3) is 0.273. The lowest BCUT2D eigenvalue weighted by atomic mass is 10.0. The molecule has 1 aromatic carbocycles. The average Bonchev–Trinajstić information content (AvgIpc) is 2.58. The molecule has 0 bridgehead atoms. The number of carbonyl (C=O) groups is 2. The lowest BCUT2D eigenvalue weighted by Crippen LogP contribution is -2.31. The van der Waals surface area contributed by atoms with Crippen LogP contribution in [-0.4, -0.2) is 18.0 Å². The van der Waals surface area contributed by atoms with Crippen LogP contribution in [0.5, 0.6) is 0 Å². The van der Waals surface area contributed by atoms with E-state index in [1.165, 1.54) is 0 Å². The van der Waals surface area contributed by atoms with Crippen LogP contribution in [0, 0.1) is 0 Å². The predicted molar refractivity (Wildman–Crippen MR) is 58.5 cm³/mol. The number of urea groups is 1.